The third-order valence-corrected chi connectivity index (χ3v) is 3.29. The second-order valence-corrected chi connectivity index (χ2v) is 4.82. The maximum atomic E-state index is 5.81. The van der Waals surface area contributed by atoms with Crippen molar-refractivity contribution in [2.24, 2.45) is 5.92 Å². The zero-order valence-corrected chi connectivity index (χ0v) is 11.3. The molecule has 0 saturated carbocycles. The Morgan fingerprint density at radius 3 is 2.33 bits per heavy atom. The molecule has 0 aliphatic carbocycles. The highest BCUT2D eigenvalue weighted by molar-refractivity contribution is 5.57. The van der Waals surface area contributed by atoms with Gasteiger partial charge in [-0.15, -0.1) is 0 Å². The Morgan fingerprint density at radius 1 is 1.11 bits per heavy atom. The van der Waals surface area contributed by atoms with Crippen molar-refractivity contribution >= 4 is 0 Å². The lowest BCUT2D eigenvalue weighted by Crippen LogP contribution is -2.01. The SMILES string of the molecule is COc1ccc(-c2cnc([C@H](C)C(C)C)o2)cc1. The van der Waals surface area contributed by atoms with Crippen LogP contribution in [-0.2, 0) is 0 Å². The van der Waals surface area contributed by atoms with E-state index in [0.717, 1.165) is 23.0 Å². The summed E-state index contributed by atoms with van der Waals surface area (Å²) < 4.78 is 10.9. The van der Waals surface area contributed by atoms with E-state index in [4.69, 9.17) is 9.15 Å². The number of oxazole rings is 1. The van der Waals surface area contributed by atoms with Crippen molar-refractivity contribution in [3.05, 3.63) is 36.4 Å². The monoisotopic (exact) mass is 245 g/mol. The van der Waals surface area contributed by atoms with Crippen LogP contribution in [0.5, 0.6) is 5.75 Å². The highest BCUT2D eigenvalue weighted by Crippen LogP contribution is 2.28. The van der Waals surface area contributed by atoms with Gasteiger partial charge >= 0.3 is 0 Å². The molecule has 0 radical (unpaired) electrons. The van der Waals surface area contributed by atoms with Crippen molar-refractivity contribution in [3.63, 3.8) is 0 Å². The third kappa shape index (κ3) is 2.55. The smallest absolute Gasteiger partial charge is 0.197 e. The Bertz CT molecular complexity index is 499. The molecule has 2 aromatic rings. The Balaban J connectivity index is 2.23. The second kappa shape index (κ2) is 5.25. The summed E-state index contributed by atoms with van der Waals surface area (Å²) >= 11 is 0. The molecule has 0 bridgehead atoms. The standard InChI is InChI=1S/C15H19NO2/c1-10(2)11(3)15-16-9-14(18-15)12-5-7-13(17-4)8-6-12/h5-11H,1-4H3/t11-/m1/s1. The molecule has 0 saturated heterocycles. The van der Waals surface area contributed by atoms with E-state index in [2.05, 4.69) is 25.8 Å². The molecule has 2 rings (SSSR count). The van der Waals surface area contributed by atoms with E-state index in [9.17, 15) is 0 Å². The number of rotatable bonds is 4. The van der Waals surface area contributed by atoms with Crippen LogP contribution in [0.15, 0.2) is 34.9 Å². The van der Waals surface area contributed by atoms with Gasteiger partial charge in [-0.25, -0.2) is 4.98 Å². The first-order valence-corrected chi connectivity index (χ1v) is 6.22. The van der Waals surface area contributed by atoms with E-state index in [0.29, 0.717) is 11.8 Å². The molecule has 18 heavy (non-hydrogen) atoms. The van der Waals surface area contributed by atoms with Crippen molar-refractivity contribution in [1.29, 1.82) is 0 Å². The van der Waals surface area contributed by atoms with Crippen molar-refractivity contribution in [2.75, 3.05) is 7.11 Å². The lowest BCUT2D eigenvalue weighted by atomic mass is 9.98. The minimum Gasteiger partial charge on any atom is -0.497 e. The van der Waals surface area contributed by atoms with Crippen LogP contribution in [0.2, 0.25) is 0 Å². The maximum absolute atomic E-state index is 5.81. The van der Waals surface area contributed by atoms with Gasteiger partial charge in [0.05, 0.1) is 13.3 Å². The summed E-state index contributed by atoms with van der Waals surface area (Å²) in [5.74, 6) is 3.30. The molecule has 3 heteroatoms. The number of benzene rings is 1. The van der Waals surface area contributed by atoms with Crippen LogP contribution >= 0.6 is 0 Å². The fraction of sp³-hybridized carbons (Fsp3) is 0.400. The molecule has 0 unspecified atom stereocenters. The Labute approximate surface area is 108 Å². The molecule has 1 atom stereocenters. The van der Waals surface area contributed by atoms with Crippen LogP contribution in [0, 0.1) is 5.92 Å². The molecular formula is C15H19NO2. The number of hydrogen-bond donors (Lipinski definition) is 0. The first-order valence-electron chi connectivity index (χ1n) is 6.22. The van der Waals surface area contributed by atoms with E-state index < -0.39 is 0 Å². The molecule has 0 amide bonds. The van der Waals surface area contributed by atoms with E-state index in [1.165, 1.54) is 0 Å². The molecule has 0 aliphatic rings. The molecule has 0 spiro atoms. The number of hydrogen-bond acceptors (Lipinski definition) is 3. The van der Waals surface area contributed by atoms with Crippen LogP contribution in [0.1, 0.15) is 32.6 Å². The zero-order chi connectivity index (χ0) is 13.1. The fourth-order valence-electron chi connectivity index (χ4n) is 1.67. The van der Waals surface area contributed by atoms with Gasteiger partial charge in [-0.3, -0.25) is 0 Å². The van der Waals surface area contributed by atoms with E-state index in [1.807, 2.05) is 24.3 Å². The van der Waals surface area contributed by atoms with Crippen LogP contribution in [-0.4, -0.2) is 12.1 Å². The van der Waals surface area contributed by atoms with Gasteiger partial charge in [0.15, 0.2) is 11.7 Å². The highest BCUT2D eigenvalue weighted by atomic mass is 16.5. The van der Waals surface area contributed by atoms with Crippen LogP contribution in [0.25, 0.3) is 11.3 Å². The van der Waals surface area contributed by atoms with Gasteiger partial charge in [0, 0.05) is 11.5 Å². The molecule has 1 heterocycles. The molecule has 1 aromatic carbocycles. The van der Waals surface area contributed by atoms with Crippen LogP contribution < -0.4 is 4.74 Å². The Morgan fingerprint density at radius 2 is 1.78 bits per heavy atom. The minimum absolute atomic E-state index is 0.331. The summed E-state index contributed by atoms with van der Waals surface area (Å²) in [6, 6.07) is 7.79. The fourth-order valence-corrected chi connectivity index (χ4v) is 1.67. The van der Waals surface area contributed by atoms with Gasteiger partial charge in [0.1, 0.15) is 5.75 Å². The van der Waals surface area contributed by atoms with E-state index >= 15 is 0 Å². The largest absolute Gasteiger partial charge is 0.497 e. The van der Waals surface area contributed by atoms with E-state index in [1.54, 1.807) is 13.3 Å². The van der Waals surface area contributed by atoms with Gasteiger partial charge in [0.25, 0.3) is 0 Å². The minimum atomic E-state index is 0.331. The average molecular weight is 245 g/mol. The predicted molar refractivity (Wildman–Crippen MR) is 71.7 cm³/mol. The molecule has 0 fully saturated rings. The quantitative estimate of drug-likeness (QED) is 0.813. The van der Waals surface area contributed by atoms with Gasteiger partial charge in [-0.1, -0.05) is 20.8 Å². The Kier molecular flexibility index (Phi) is 3.70. The second-order valence-electron chi connectivity index (χ2n) is 4.82. The number of methoxy groups -OCH3 is 1. The summed E-state index contributed by atoms with van der Waals surface area (Å²) in [7, 11) is 1.66. The lowest BCUT2D eigenvalue weighted by Gasteiger charge is -2.10. The molecular weight excluding hydrogens is 226 g/mol. The topological polar surface area (TPSA) is 35.3 Å². The van der Waals surface area contributed by atoms with Crippen LogP contribution in [0.3, 0.4) is 0 Å². The van der Waals surface area contributed by atoms with Crippen molar-refractivity contribution in [3.8, 4) is 17.1 Å². The highest BCUT2D eigenvalue weighted by Gasteiger charge is 2.16. The third-order valence-electron chi connectivity index (χ3n) is 3.29. The first-order chi connectivity index (χ1) is 8.61. The van der Waals surface area contributed by atoms with Gasteiger partial charge in [0.2, 0.25) is 0 Å². The summed E-state index contributed by atoms with van der Waals surface area (Å²) in [5, 5.41) is 0. The number of ether oxygens (including phenoxy) is 1. The van der Waals surface area contributed by atoms with E-state index in [-0.39, 0.29) is 0 Å². The predicted octanol–water partition coefficient (Wildman–Crippen LogP) is 4.11. The summed E-state index contributed by atoms with van der Waals surface area (Å²) in [4.78, 5) is 4.36. The van der Waals surface area contributed by atoms with Crippen molar-refractivity contribution in [1.82, 2.24) is 4.98 Å². The number of nitrogens with zero attached hydrogens (tertiary/aromatic N) is 1. The lowest BCUT2D eigenvalue weighted by molar-refractivity contribution is 0.406. The molecule has 3 nitrogen and oxygen atoms in total. The normalized spacial score (nSPS) is 12.7. The van der Waals surface area contributed by atoms with Crippen molar-refractivity contribution in [2.45, 2.75) is 26.7 Å². The molecule has 0 N–H and O–H groups in total. The van der Waals surface area contributed by atoms with Gasteiger partial charge < -0.3 is 9.15 Å². The van der Waals surface area contributed by atoms with Gasteiger partial charge in [-0.2, -0.15) is 0 Å². The zero-order valence-electron chi connectivity index (χ0n) is 11.3. The molecule has 0 aliphatic heterocycles. The average Bonchev–Trinajstić information content (AvgIpc) is 2.87. The maximum Gasteiger partial charge on any atom is 0.197 e. The Hall–Kier alpha value is -1.77. The van der Waals surface area contributed by atoms with Crippen LogP contribution in [0.4, 0.5) is 0 Å². The number of aromatic nitrogens is 1. The first kappa shape index (κ1) is 12.7. The summed E-state index contributed by atoms with van der Waals surface area (Å²) in [5.41, 5.74) is 1.02. The van der Waals surface area contributed by atoms with Crippen molar-refractivity contribution < 1.29 is 9.15 Å². The molecule has 96 valence electrons. The van der Waals surface area contributed by atoms with Gasteiger partial charge in [-0.05, 0) is 30.2 Å². The molecule has 1 aromatic heterocycles. The summed E-state index contributed by atoms with van der Waals surface area (Å²) in [6.45, 7) is 6.47. The summed E-state index contributed by atoms with van der Waals surface area (Å²) in [6.07, 6.45) is 1.79.